The van der Waals surface area contributed by atoms with E-state index in [1.165, 1.54) is 49.4 Å². The molecule has 64 heavy (non-hydrogen) atoms. The average Bonchev–Trinajstić information content (AvgIpc) is 3.80. The summed E-state index contributed by atoms with van der Waals surface area (Å²) in [6, 6.07) is 74.4. The normalized spacial score (nSPS) is 13.0. The lowest BCUT2D eigenvalue weighted by Crippen LogP contribution is -2.14. The minimum absolute atomic E-state index is 0.131. The lowest BCUT2D eigenvalue weighted by atomic mass is 9.82. The first-order valence-electron chi connectivity index (χ1n) is 22.0. The second-order valence-corrected chi connectivity index (χ2v) is 17.6. The van der Waals surface area contributed by atoms with Crippen molar-refractivity contribution in [1.82, 2.24) is 19.5 Å². The molecule has 1 aliphatic rings. The van der Waals surface area contributed by atoms with Crippen molar-refractivity contribution in [3.8, 4) is 62.1 Å². The van der Waals surface area contributed by atoms with Gasteiger partial charge in [-0.3, -0.25) is 4.57 Å². The molecule has 13 rings (SSSR count). The van der Waals surface area contributed by atoms with Gasteiger partial charge in [0.15, 0.2) is 11.6 Å². The molecule has 12 aromatic rings. The molecular weight excluding hydrogens is 777 g/mol. The van der Waals surface area contributed by atoms with Crippen molar-refractivity contribution < 1.29 is 0 Å². The van der Waals surface area contributed by atoms with Gasteiger partial charge in [-0.25, -0.2) is 4.98 Å². The Morgan fingerprint density at radius 3 is 1.73 bits per heavy atom. The molecule has 0 amide bonds. The van der Waals surface area contributed by atoms with Gasteiger partial charge in [0, 0.05) is 32.9 Å². The SMILES string of the molecule is CC1(C)c2ccc(-c3cccc4c5cc6ccccc6cc5n(-c5nc(-c6ccc(-c7ccccc7)cc6)nc(-c6ccc7ccccc7c6)n5)c34)cc2-c2c1ccc1ccccc21. The fourth-order valence-electron chi connectivity index (χ4n) is 10.4. The van der Waals surface area contributed by atoms with E-state index in [9.17, 15) is 0 Å². The van der Waals surface area contributed by atoms with Crippen LogP contribution < -0.4 is 0 Å². The largest absolute Gasteiger partial charge is 0.277 e. The van der Waals surface area contributed by atoms with E-state index < -0.39 is 0 Å². The summed E-state index contributed by atoms with van der Waals surface area (Å²) in [4.78, 5) is 16.1. The van der Waals surface area contributed by atoms with E-state index in [1.54, 1.807) is 0 Å². The monoisotopic (exact) mass is 816 g/mol. The number of hydrogen-bond acceptors (Lipinski definition) is 3. The summed E-state index contributed by atoms with van der Waals surface area (Å²) in [5.74, 6) is 1.81. The number of benzene rings is 10. The minimum atomic E-state index is -0.131. The number of rotatable bonds is 5. The van der Waals surface area contributed by atoms with Crippen LogP contribution in [0.25, 0.3) is 116 Å². The fourth-order valence-corrected chi connectivity index (χ4v) is 10.4. The molecular formula is C60H40N4. The van der Waals surface area contributed by atoms with Crippen LogP contribution in [0.1, 0.15) is 25.0 Å². The van der Waals surface area contributed by atoms with Gasteiger partial charge in [-0.2, -0.15) is 9.97 Å². The number of para-hydroxylation sites is 1. The van der Waals surface area contributed by atoms with Crippen LogP contribution in [0, 0.1) is 0 Å². The molecule has 0 saturated heterocycles. The molecule has 0 bridgehead atoms. The molecule has 0 atom stereocenters. The standard InChI is InChI=1S/C60H40N4/c1-60(2)52-31-30-45(35-51(52)55-47-20-11-10-16-40(47)29-32-53(55)60)48-21-12-22-49-50-34-43-18-8-9-19-44(43)36-54(50)64(56(48)49)59-62-57(41-26-23-39(24-27-41)37-13-4-3-5-14-37)61-58(63-59)46-28-25-38-15-6-7-17-42(38)33-46/h3-36H,1-2H3. The predicted molar refractivity (Wildman–Crippen MR) is 266 cm³/mol. The fraction of sp³-hybridized carbons (Fsp3) is 0.0500. The van der Waals surface area contributed by atoms with E-state index in [0.717, 1.165) is 60.4 Å². The van der Waals surface area contributed by atoms with Crippen LogP contribution in [0.2, 0.25) is 0 Å². The molecule has 0 N–H and O–H groups in total. The van der Waals surface area contributed by atoms with E-state index in [4.69, 9.17) is 15.0 Å². The Balaban J connectivity index is 1.09. The van der Waals surface area contributed by atoms with Crippen molar-refractivity contribution >= 4 is 54.1 Å². The average molecular weight is 817 g/mol. The molecule has 0 fully saturated rings. The van der Waals surface area contributed by atoms with Crippen LogP contribution in [0.3, 0.4) is 0 Å². The van der Waals surface area contributed by atoms with Crippen LogP contribution in [0.4, 0.5) is 0 Å². The van der Waals surface area contributed by atoms with Gasteiger partial charge in [0.25, 0.3) is 0 Å². The molecule has 0 unspecified atom stereocenters. The van der Waals surface area contributed by atoms with E-state index >= 15 is 0 Å². The highest BCUT2D eigenvalue weighted by Crippen LogP contribution is 2.52. The Bertz CT molecular complexity index is 3860. The van der Waals surface area contributed by atoms with E-state index in [-0.39, 0.29) is 5.41 Å². The molecule has 1 aliphatic carbocycles. The maximum Gasteiger partial charge on any atom is 0.238 e. The quantitative estimate of drug-likeness (QED) is 0.174. The van der Waals surface area contributed by atoms with Crippen molar-refractivity contribution in [2.24, 2.45) is 0 Å². The zero-order chi connectivity index (χ0) is 42.5. The van der Waals surface area contributed by atoms with Gasteiger partial charge in [-0.15, -0.1) is 0 Å². The summed E-state index contributed by atoms with van der Waals surface area (Å²) < 4.78 is 2.29. The highest BCUT2D eigenvalue weighted by Gasteiger charge is 2.36. The van der Waals surface area contributed by atoms with Crippen molar-refractivity contribution in [1.29, 1.82) is 0 Å². The first kappa shape index (κ1) is 36.4. The Hall–Kier alpha value is -8.21. The van der Waals surface area contributed by atoms with E-state index in [2.05, 4.69) is 219 Å². The van der Waals surface area contributed by atoms with Crippen LogP contribution >= 0.6 is 0 Å². The molecule has 0 spiro atoms. The van der Waals surface area contributed by atoms with Crippen LogP contribution in [0.5, 0.6) is 0 Å². The molecule has 4 nitrogen and oxygen atoms in total. The minimum Gasteiger partial charge on any atom is -0.277 e. The summed E-state index contributed by atoms with van der Waals surface area (Å²) in [6.45, 7) is 4.71. The van der Waals surface area contributed by atoms with Crippen LogP contribution in [-0.4, -0.2) is 19.5 Å². The summed E-state index contributed by atoms with van der Waals surface area (Å²) in [5.41, 5.74) is 13.7. The third-order valence-corrected chi connectivity index (χ3v) is 13.6. The van der Waals surface area contributed by atoms with Crippen molar-refractivity contribution in [2.45, 2.75) is 19.3 Å². The first-order chi connectivity index (χ1) is 31.5. The zero-order valence-electron chi connectivity index (χ0n) is 35.4. The van der Waals surface area contributed by atoms with Gasteiger partial charge in [0.05, 0.1) is 11.0 Å². The highest BCUT2D eigenvalue weighted by atomic mass is 15.2. The van der Waals surface area contributed by atoms with Crippen molar-refractivity contribution in [2.75, 3.05) is 0 Å². The van der Waals surface area contributed by atoms with Crippen molar-refractivity contribution in [3.05, 3.63) is 217 Å². The van der Waals surface area contributed by atoms with Gasteiger partial charge in [0.2, 0.25) is 5.95 Å². The molecule has 300 valence electrons. The Labute approximate surface area is 370 Å². The third-order valence-electron chi connectivity index (χ3n) is 13.6. The van der Waals surface area contributed by atoms with Gasteiger partial charge in [-0.1, -0.05) is 196 Å². The number of fused-ring (bicyclic) bond motifs is 10. The Morgan fingerprint density at radius 2 is 0.938 bits per heavy atom. The van der Waals surface area contributed by atoms with Gasteiger partial charge >= 0.3 is 0 Å². The predicted octanol–water partition coefficient (Wildman–Crippen LogP) is 15.4. The molecule has 0 saturated carbocycles. The maximum atomic E-state index is 5.44. The lowest BCUT2D eigenvalue weighted by Gasteiger charge is -2.21. The van der Waals surface area contributed by atoms with Crippen LogP contribution in [-0.2, 0) is 5.41 Å². The smallest absolute Gasteiger partial charge is 0.238 e. The number of aromatic nitrogens is 4. The second-order valence-electron chi connectivity index (χ2n) is 17.6. The molecule has 2 heterocycles. The Kier molecular flexibility index (Phi) is 7.92. The van der Waals surface area contributed by atoms with Gasteiger partial charge < -0.3 is 0 Å². The maximum absolute atomic E-state index is 5.44. The lowest BCUT2D eigenvalue weighted by molar-refractivity contribution is 0.661. The van der Waals surface area contributed by atoms with E-state index in [0.29, 0.717) is 17.6 Å². The molecule has 10 aromatic carbocycles. The molecule has 0 aliphatic heterocycles. The zero-order valence-corrected chi connectivity index (χ0v) is 35.4. The first-order valence-corrected chi connectivity index (χ1v) is 22.0. The second kappa shape index (κ2) is 13.9. The number of hydrogen-bond donors (Lipinski definition) is 0. The Morgan fingerprint density at radius 1 is 0.359 bits per heavy atom. The van der Waals surface area contributed by atoms with Crippen LogP contribution in [0.15, 0.2) is 206 Å². The summed E-state index contributed by atoms with van der Waals surface area (Å²) in [7, 11) is 0. The van der Waals surface area contributed by atoms with Gasteiger partial charge in [-0.05, 0) is 95.5 Å². The highest BCUT2D eigenvalue weighted by molar-refractivity contribution is 6.17. The summed E-state index contributed by atoms with van der Waals surface area (Å²) >= 11 is 0. The third kappa shape index (κ3) is 5.59. The summed E-state index contributed by atoms with van der Waals surface area (Å²) in [5, 5.41) is 9.49. The van der Waals surface area contributed by atoms with Gasteiger partial charge in [0.1, 0.15) is 0 Å². The van der Waals surface area contributed by atoms with Crippen molar-refractivity contribution in [3.63, 3.8) is 0 Å². The molecule has 2 aromatic heterocycles. The number of nitrogens with zero attached hydrogens (tertiary/aromatic N) is 4. The molecule has 4 heteroatoms. The topological polar surface area (TPSA) is 43.6 Å². The summed E-state index contributed by atoms with van der Waals surface area (Å²) in [6.07, 6.45) is 0. The van der Waals surface area contributed by atoms with E-state index in [1.807, 2.05) is 6.07 Å². The molecule has 0 radical (unpaired) electrons.